The lowest BCUT2D eigenvalue weighted by molar-refractivity contribution is -0.153. The van der Waals surface area contributed by atoms with Crippen LogP contribution in [0, 0.1) is 17.3 Å². The fourth-order valence-electron chi connectivity index (χ4n) is 6.23. The highest BCUT2D eigenvalue weighted by atomic mass is 32.2. The Kier molecular flexibility index (Phi) is 3.90. The van der Waals surface area contributed by atoms with Crippen molar-refractivity contribution in [3.8, 4) is 0 Å². The Bertz CT molecular complexity index is 501. The lowest BCUT2D eigenvalue weighted by Gasteiger charge is -2.61. The lowest BCUT2D eigenvalue weighted by Crippen LogP contribution is -2.66. The maximum Gasteiger partial charge on any atom is 0.226 e. The molecule has 1 saturated heterocycles. The van der Waals surface area contributed by atoms with Gasteiger partial charge in [-0.1, -0.05) is 0 Å². The van der Waals surface area contributed by atoms with Gasteiger partial charge in [-0.05, 0) is 74.7 Å². The monoisotopic (exact) mass is 336 g/mol. The van der Waals surface area contributed by atoms with Crippen molar-refractivity contribution < 1.29 is 9.59 Å². The molecule has 0 spiro atoms. The highest BCUT2D eigenvalue weighted by Gasteiger charge is 2.60. The molecule has 4 atom stereocenters. The van der Waals surface area contributed by atoms with Gasteiger partial charge in [0.2, 0.25) is 11.8 Å². The van der Waals surface area contributed by atoms with Gasteiger partial charge in [0.05, 0.1) is 5.41 Å². The van der Waals surface area contributed by atoms with Gasteiger partial charge < -0.3 is 10.6 Å². The summed E-state index contributed by atoms with van der Waals surface area (Å²) in [5.74, 6) is 3.93. The maximum atomic E-state index is 13.2. The van der Waals surface area contributed by atoms with E-state index in [1.807, 2.05) is 11.8 Å². The third-order valence-electron chi connectivity index (χ3n) is 6.54. The summed E-state index contributed by atoms with van der Waals surface area (Å²) in [6.07, 6.45) is 8.58. The third-order valence-corrected chi connectivity index (χ3v) is 7.59. The molecule has 5 heteroatoms. The van der Waals surface area contributed by atoms with Crippen LogP contribution in [0.25, 0.3) is 0 Å². The van der Waals surface area contributed by atoms with Crippen LogP contribution in [0.2, 0.25) is 0 Å². The molecule has 0 aromatic rings. The van der Waals surface area contributed by atoms with E-state index in [2.05, 4.69) is 10.6 Å². The van der Waals surface area contributed by atoms with Crippen LogP contribution in [-0.2, 0) is 9.59 Å². The number of thioether (sulfide) groups is 1. The quantitative estimate of drug-likeness (QED) is 0.832. The van der Waals surface area contributed by atoms with Crippen LogP contribution in [0.15, 0.2) is 0 Å². The Balaban J connectivity index is 1.52. The van der Waals surface area contributed by atoms with Crippen molar-refractivity contribution in [2.24, 2.45) is 17.3 Å². The van der Waals surface area contributed by atoms with Gasteiger partial charge in [0.1, 0.15) is 0 Å². The normalized spacial score (nSPS) is 42.5. The number of nitrogens with one attached hydrogen (secondary N) is 2. The molecule has 4 saturated carbocycles. The van der Waals surface area contributed by atoms with E-state index in [0.717, 1.165) is 44.9 Å². The molecular weight excluding hydrogens is 308 g/mol. The number of hydrogen-bond acceptors (Lipinski definition) is 3. The molecule has 2 N–H and O–H groups in total. The molecular formula is C18H28N2O2S. The zero-order chi connectivity index (χ0) is 16.1. The Morgan fingerprint density at radius 2 is 1.70 bits per heavy atom. The number of hydrogen-bond donors (Lipinski definition) is 2. The fraction of sp³-hybridized carbons (Fsp3) is 0.889. The van der Waals surface area contributed by atoms with Crippen LogP contribution in [0.4, 0.5) is 0 Å². The molecule has 4 bridgehead atoms. The summed E-state index contributed by atoms with van der Waals surface area (Å²) in [7, 11) is 0. The van der Waals surface area contributed by atoms with Gasteiger partial charge >= 0.3 is 0 Å². The summed E-state index contributed by atoms with van der Waals surface area (Å²) in [5.41, 5.74) is -0.313. The number of amides is 2. The number of rotatable bonds is 3. The van der Waals surface area contributed by atoms with Crippen molar-refractivity contribution in [1.29, 1.82) is 0 Å². The summed E-state index contributed by atoms with van der Waals surface area (Å²) >= 11 is 1.99. The molecule has 0 radical (unpaired) electrons. The Morgan fingerprint density at radius 3 is 2.30 bits per heavy atom. The first kappa shape index (κ1) is 15.8. The minimum atomic E-state index is -0.211. The highest BCUT2D eigenvalue weighted by Crippen LogP contribution is 2.61. The average Bonchev–Trinajstić information content (AvgIpc) is 2.45. The van der Waals surface area contributed by atoms with Gasteiger partial charge in [-0.2, -0.15) is 11.8 Å². The van der Waals surface area contributed by atoms with Gasteiger partial charge in [0, 0.05) is 18.5 Å². The van der Waals surface area contributed by atoms with E-state index in [0.29, 0.717) is 23.8 Å². The predicted octanol–water partition coefficient (Wildman–Crippen LogP) is 2.47. The van der Waals surface area contributed by atoms with Gasteiger partial charge in [-0.25, -0.2) is 0 Å². The largest absolute Gasteiger partial charge is 0.353 e. The number of carbonyl (C=O) groups is 2. The van der Waals surface area contributed by atoms with E-state index in [1.54, 1.807) is 6.92 Å². The molecule has 23 heavy (non-hydrogen) atoms. The summed E-state index contributed by atoms with van der Waals surface area (Å²) in [4.78, 5) is 24.9. The van der Waals surface area contributed by atoms with Crippen molar-refractivity contribution in [1.82, 2.24) is 10.6 Å². The van der Waals surface area contributed by atoms with E-state index in [-0.39, 0.29) is 16.9 Å². The maximum absolute atomic E-state index is 13.2. The topological polar surface area (TPSA) is 58.2 Å². The minimum Gasteiger partial charge on any atom is -0.353 e. The van der Waals surface area contributed by atoms with Gasteiger partial charge in [0.25, 0.3) is 0 Å². The van der Waals surface area contributed by atoms with Crippen molar-refractivity contribution in [2.45, 2.75) is 69.9 Å². The smallest absolute Gasteiger partial charge is 0.226 e. The Labute approximate surface area is 142 Å². The van der Waals surface area contributed by atoms with Gasteiger partial charge in [-0.3, -0.25) is 9.59 Å². The molecule has 1 heterocycles. The summed E-state index contributed by atoms with van der Waals surface area (Å²) < 4.78 is 0. The first-order chi connectivity index (χ1) is 11.0. The van der Waals surface area contributed by atoms with Crippen LogP contribution in [-0.4, -0.2) is 34.9 Å². The molecule has 0 aromatic carbocycles. The highest BCUT2D eigenvalue weighted by molar-refractivity contribution is 7.99. The zero-order valence-electron chi connectivity index (χ0n) is 14.0. The van der Waals surface area contributed by atoms with E-state index >= 15 is 0 Å². The van der Waals surface area contributed by atoms with Crippen LogP contribution < -0.4 is 10.6 Å². The molecule has 128 valence electrons. The summed E-state index contributed by atoms with van der Waals surface area (Å²) in [5, 5.41) is 6.63. The van der Waals surface area contributed by atoms with E-state index in [9.17, 15) is 9.59 Å². The van der Waals surface area contributed by atoms with E-state index in [4.69, 9.17) is 0 Å². The van der Waals surface area contributed by atoms with Crippen LogP contribution >= 0.6 is 11.8 Å². The van der Waals surface area contributed by atoms with Crippen LogP contribution in [0.5, 0.6) is 0 Å². The summed E-state index contributed by atoms with van der Waals surface area (Å²) in [6, 6.07) is 0.369. The second kappa shape index (κ2) is 5.68. The first-order valence-corrected chi connectivity index (χ1v) is 10.3. The first-order valence-electron chi connectivity index (χ1n) is 9.16. The third kappa shape index (κ3) is 2.90. The Morgan fingerprint density at radius 1 is 1.04 bits per heavy atom. The second-order valence-electron chi connectivity index (χ2n) is 8.56. The van der Waals surface area contributed by atoms with E-state index in [1.165, 1.54) is 17.9 Å². The van der Waals surface area contributed by atoms with Crippen LogP contribution in [0.1, 0.15) is 58.3 Å². The fourth-order valence-corrected chi connectivity index (χ4v) is 7.33. The number of carbonyl (C=O) groups excluding carboxylic acids is 2. The van der Waals surface area contributed by atoms with E-state index < -0.39 is 0 Å². The molecule has 4 aliphatic carbocycles. The van der Waals surface area contributed by atoms with Crippen molar-refractivity contribution in [3.63, 3.8) is 0 Å². The molecule has 5 rings (SSSR count). The molecule has 4 nitrogen and oxygen atoms in total. The zero-order valence-corrected chi connectivity index (χ0v) is 14.8. The van der Waals surface area contributed by atoms with Gasteiger partial charge in [-0.15, -0.1) is 0 Å². The van der Waals surface area contributed by atoms with Gasteiger partial charge in [0.15, 0.2) is 0 Å². The molecule has 2 unspecified atom stereocenters. The average molecular weight is 337 g/mol. The molecule has 0 aromatic heterocycles. The summed E-state index contributed by atoms with van der Waals surface area (Å²) in [6.45, 7) is 1.62. The second-order valence-corrected chi connectivity index (χ2v) is 9.79. The molecule has 1 aliphatic heterocycles. The lowest BCUT2D eigenvalue weighted by atomic mass is 9.46. The Hall–Kier alpha value is -0.710. The van der Waals surface area contributed by atoms with Crippen LogP contribution in [0.3, 0.4) is 0 Å². The molecule has 5 aliphatic rings. The minimum absolute atomic E-state index is 0.0619. The standard InChI is InChI=1S/C18H28N2O2S/c1-12(21)20-18-9-13-6-14(10-18)8-17(7-13,11-18)16(22)19-15-2-4-23-5-3-15/h13-15H,2-11H2,1H3,(H,19,22)(H,20,21)/t13-,14+,17?,18?. The van der Waals surface area contributed by atoms with Crippen molar-refractivity contribution in [2.75, 3.05) is 11.5 Å². The SMILES string of the molecule is CC(=O)NC12C[C@H]3C[C@@H](C1)CC(C(=O)NC1CCSCC1)(C3)C2. The predicted molar refractivity (Wildman–Crippen MR) is 92.2 cm³/mol. The van der Waals surface area contributed by atoms with Crippen molar-refractivity contribution in [3.05, 3.63) is 0 Å². The molecule has 2 amide bonds. The van der Waals surface area contributed by atoms with Crippen molar-refractivity contribution >= 4 is 23.6 Å². The molecule has 5 fully saturated rings.